The highest BCUT2D eigenvalue weighted by Gasteiger charge is 2.43. The molecule has 1 saturated carbocycles. The van der Waals surface area contributed by atoms with E-state index in [2.05, 4.69) is 0 Å². The normalized spacial score (nSPS) is 20.3. The van der Waals surface area contributed by atoms with Crippen LogP contribution in [-0.2, 0) is 9.84 Å². The first-order valence-electron chi connectivity index (χ1n) is 7.86. The molecule has 0 N–H and O–H groups in total. The molecule has 3 rings (SSSR count). The van der Waals surface area contributed by atoms with Gasteiger partial charge in [-0.1, -0.05) is 42.5 Å². The molecule has 0 unspecified atom stereocenters. The summed E-state index contributed by atoms with van der Waals surface area (Å²) in [4.78, 5) is 13.9. The highest BCUT2D eigenvalue weighted by Crippen LogP contribution is 2.31. The predicted molar refractivity (Wildman–Crippen MR) is 91.9 cm³/mol. The molecule has 0 bridgehead atoms. The van der Waals surface area contributed by atoms with Crippen molar-refractivity contribution in [3.63, 3.8) is 0 Å². The van der Waals surface area contributed by atoms with Gasteiger partial charge in [0, 0.05) is 18.7 Å². The van der Waals surface area contributed by atoms with Gasteiger partial charge in [0.2, 0.25) is 0 Å². The molecule has 1 aromatic rings. The average molecular weight is 376 g/mol. The van der Waals surface area contributed by atoms with Gasteiger partial charge in [0.25, 0.3) is 5.91 Å². The van der Waals surface area contributed by atoms with Crippen molar-refractivity contribution in [1.82, 2.24) is 4.90 Å². The van der Waals surface area contributed by atoms with Crippen LogP contribution in [0.5, 0.6) is 0 Å². The van der Waals surface area contributed by atoms with E-state index in [-0.39, 0.29) is 24.2 Å². The van der Waals surface area contributed by atoms with Crippen LogP contribution < -0.4 is 0 Å². The number of nitrogens with zero attached hydrogens (tertiary/aromatic N) is 1. The second-order valence-corrected chi connectivity index (χ2v) is 9.64. The van der Waals surface area contributed by atoms with Crippen molar-refractivity contribution in [3.05, 3.63) is 33.8 Å². The summed E-state index contributed by atoms with van der Waals surface area (Å²) in [5, 5.41) is 0.0785. The highest BCUT2D eigenvalue weighted by molar-refractivity contribution is 7.92. The number of benzene rings is 1. The Bertz CT molecular complexity index is 708. The fourth-order valence-electron chi connectivity index (χ4n) is 3.29. The van der Waals surface area contributed by atoms with Gasteiger partial charge in [0.1, 0.15) is 0 Å². The molecule has 126 valence electrons. The quantitative estimate of drug-likeness (QED) is 0.811. The standard InChI is InChI=1S/C16H19Cl2NO3S/c17-14-7-6-11(8-15(14)18)16(20)19-9-13(10-19)23(21,22)12-4-2-1-3-5-12/h6-8,12-13H,1-5,9-10H2. The summed E-state index contributed by atoms with van der Waals surface area (Å²) in [5.74, 6) is -0.196. The third-order valence-corrected chi connectivity index (χ3v) is 8.15. The van der Waals surface area contributed by atoms with Gasteiger partial charge in [-0.25, -0.2) is 8.42 Å². The summed E-state index contributed by atoms with van der Waals surface area (Å²) in [6.07, 6.45) is 4.63. The largest absolute Gasteiger partial charge is 0.336 e. The number of rotatable bonds is 3. The van der Waals surface area contributed by atoms with Crippen LogP contribution in [0.3, 0.4) is 0 Å². The molecule has 0 atom stereocenters. The molecular weight excluding hydrogens is 357 g/mol. The van der Waals surface area contributed by atoms with Crippen LogP contribution in [-0.4, -0.2) is 42.8 Å². The second-order valence-electron chi connectivity index (χ2n) is 6.31. The smallest absolute Gasteiger partial charge is 0.253 e. The lowest BCUT2D eigenvalue weighted by molar-refractivity contribution is 0.0658. The number of hydrogen-bond donors (Lipinski definition) is 0. The van der Waals surface area contributed by atoms with Gasteiger partial charge < -0.3 is 4.90 Å². The molecule has 1 aliphatic heterocycles. The number of carbonyl (C=O) groups excluding carboxylic acids is 1. The lowest BCUT2D eigenvalue weighted by atomic mass is 10.0. The zero-order valence-electron chi connectivity index (χ0n) is 12.7. The maximum atomic E-state index is 12.6. The number of likely N-dealkylation sites (tertiary alicyclic amines) is 1. The molecule has 0 aromatic heterocycles. The maximum Gasteiger partial charge on any atom is 0.253 e. The molecule has 1 aromatic carbocycles. The van der Waals surface area contributed by atoms with Gasteiger partial charge >= 0.3 is 0 Å². The Labute approximate surface area is 146 Å². The summed E-state index contributed by atoms with van der Waals surface area (Å²) in [5.41, 5.74) is 0.438. The van der Waals surface area contributed by atoms with Crippen molar-refractivity contribution in [2.75, 3.05) is 13.1 Å². The zero-order chi connectivity index (χ0) is 16.6. The number of halogens is 2. The van der Waals surface area contributed by atoms with Gasteiger partial charge in [-0.05, 0) is 31.0 Å². The Morgan fingerprint density at radius 2 is 1.65 bits per heavy atom. The second kappa shape index (κ2) is 6.61. The molecule has 23 heavy (non-hydrogen) atoms. The first-order chi connectivity index (χ1) is 10.9. The minimum absolute atomic E-state index is 0.196. The van der Waals surface area contributed by atoms with Crippen molar-refractivity contribution in [1.29, 1.82) is 0 Å². The molecular formula is C16H19Cl2NO3S. The van der Waals surface area contributed by atoms with E-state index in [9.17, 15) is 13.2 Å². The maximum absolute atomic E-state index is 12.6. The van der Waals surface area contributed by atoms with Crippen LogP contribution in [0.25, 0.3) is 0 Å². The van der Waals surface area contributed by atoms with Gasteiger partial charge in [-0.3, -0.25) is 4.79 Å². The molecule has 2 fully saturated rings. The van der Waals surface area contributed by atoms with Crippen LogP contribution in [0.1, 0.15) is 42.5 Å². The van der Waals surface area contributed by atoms with Crippen molar-refractivity contribution in [3.8, 4) is 0 Å². The zero-order valence-corrected chi connectivity index (χ0v) is 15.0. The fraction of sp³-hybridized carbons (Fsp3) is 0.562. The Morgan fingerprint density at radius 1 is 1.00 bits per heavy atom. The SMILES string of the molecule is O=C(c1ccc(Cl)c(Cl)c1)N1CC(S(=O)(=O)C2CCCCC2)C1. The van der Waals surface area contributed by atoms with Gasteiger partial charge in [0.05, 0.1) is 20.5 Å². The average Bonchev–Trinajstić information content (AvgIpc) is 2.49. The molecule has 1 saturated heterocycles. The minimum Gasteiger partial charge on any atom is -0.336 e. The van der Waals surface area contributed by atoms with Crippen molar-refractivity contribution in [2.45, 2.75) is 42.6 Å². The van der Waals surface area contributed by atoms with E-state index in [4.69, 9.17) is 23.2 Å². The lowest BCUT2D eigenvalue weighted by Gasteiger charge is -2.40. The van der Waals surface area contributed by atoms with Crippen LogP contribution >= 0.6 is 23.2 Å². The first-order valence-corrected chi connectivity index (χ1v) is 10.2. The van der Waals surface area contributed by atoms with Gasteiger partial charge in [-0.2, -0.15) is 0 Å². The van der Waals surface area contributed by atoms with E-state index < -0.39 is 15.1 Å². The van der Waals surface area contributed by atoms with Gasteiger partial charge in [-0.15, -0.1) is 0 Å². The van der Waals surface area contributed by atoms with Crippen LogP contribution in [0.2, 0.25) is 10.0 Å². The monoisotopic (exact) mass is 375 g/mol. The topological polar surface area (TPSA) is 54.5 Å². The van der Waals surface area contributed by atoms with E-state index in [1.807, 2.05) is 0 Å². The highest BCUT2D eigenvalue weighted by atomic mass is 35.5. The Morgan fingerprint density at radius 3 is 2.26 bits per heavy atom. The number of amides is 1. The van der Waals surface area contributed by atoms with Crippen molar-refractivity contribution in [2.24, 2.45) is 0 Å². The molecule has 0 spiro atoms. The van der Waals surface area contributed by atoms with E-state index in [0.717, 1.165) is 32.1 Å². The Kier molecular flexibility index (Phi) is 4.90. The van der Waals surface area contributed by atoms with Crippen molar-refractivity contribution >= 4 is 38.9 Å². The summed E-state index contributed by atoms with van der Waals surface area (Å²) in [6, 6.07) is 4.71. The predicted octanol–water partition coefficient (Wildman–Crippen LogP) is 3.57. The van der Waals surface area contributed by atoms with Crippen molar-refractivity contribution < 1.29 is 13.2 Å². The molecule has 7 heteroatoms. The Balaban J connectivity index is 1.63. The van der Waals surface area contributed by atoms with Crippen LogP contribution in [0.4, 0.5) is 0 Å². The fourth-order valence-corrected chi connectivity index (χ4v) is 5.90. The summed E-state index contributed by atoms with van der Waals surface area (Å²) < 4.78 is 25.2. The molecule has 2 aliphatic rings. The van der Waals surface area contributed by atoms with Gasteiger partial charge in [0.15, 0.2) is 9.84 Å². The number of sulfone groups is 1. The first kappa shape index (κ1) is 17.1. The molecule has 1 amide bonds. The summed E-state index contributed by atoms with van der Waals surface area (Å²) >= 11 is 11.8. The van der Waals surface area contributed by atoms with E-state index >= 15 is 0 Å². The molecule has 1 aliphatic carbocycles. The molecule has 0 radical (unpaired) electrons. The molecule has 1 heterocycles. The third kappa shape index (κ3) is 3.37. The minimum atomic E-state index is -3.13. The van der Waals surface area contributed by atoms with Crippen LogP contribution in [0.15, 0.2) is 18.2 Å². The Hall–Kier alpha value is -0.780. The summed E-state index contributed by atoms with van der Waals surface area (Å²) in [6.45, 7) is 0.551. The third-order valence-electron chi connectivity index (χ3n) is 4.78. The number of carbonyl (C=O) groups is 1. The summed E-state index contributed by atoms with van der Waals surface area (Å²) in [7, 11) is -3.13. The lowest BCUT2D eigenvalue weighted by Crippen LogP contribution is -2.58. The van der Waals surface area contributed by atoms with Crippen LogP contribution in [0, 0.1) is 0 Å². The number of hydrogen-bond acceptors (Lipinski definition) is 3. The van der Waals surface area contributed by atoms with E-state index in [0.29, 0.717) is 15.6 Å². The van der Waals surface area contributed by atoms with E-state index in [1.165, 1.54) is 6.07 Å². The molecule has 4 nitrogen and oxygen atoms in total. The van der Waals surface area contributed by atoms with E-state index in [1.54, 1.807) is 17.0 Å².